The molecule has 1 aromatic carbocycles. The van der Waals surface area contributed by atoms with Crippen LogP contribution in [0.5, 0.6) is 11.5 Å². The Bertz CT molecular complexity index is 472. The molecule has 0 bridgehead atoms. The minimum atomic E-state index is -0.871. The van der Waals surface area contributed by atoms with Gasteiger partial charge in [-0.15, -0.1) is 0 Å². The Hall–Kier alpha value is -2.24. The smallest absolute Gasteiger partial charge is 0.303 e. The van der Waals surface area contributed by atoms with Gasteiger partial charge < -0.3 is 20.6 Å². The van der Waals surface area contributed by atoms with Gasteiger partial charge >= 0.3 is 5.97 Å². The molecule has 4 N–H and O–H groups in total. The van der Waals surface area contributed by atoms with E-state index in [2.05, 4.69) is 5.32 Å². The highest BCUT2D eigenvalue weighted by molar-refractivity contribution is 5.97. The maximum absolute atomic E-state index is 11.8. The number of phenolic OH excluding ortho intramolecular Hbond substituents is 2. The fourth-order valence-electron chi connectivity index (χ4n) is 1.65. The molecule has 0 aliphatic heterocycles. The monoisotopic (exact) mass is 267 g/mol. The van der Waals surface area contributed by atoms with Gasteiger partial charge in [0.15, 0.2) is 11.5 Å². The molecule has 0 aromatic heterocycles. The average Bonchev–Trinajstić information content (AvgIpc) is 2.31. The molecular formula is C13H17NO5. The second-order valence-corrected chi connectivity index (χ2v) is 4.33. The van der Waals surface area contributed by atoms with Crippen molar-refractivity contribution in [2.24, 2.45) is 0 Å². The van der Waals surface area contributed by atoms with Crippen LogP contribution in [0.25, 0.3) is 0 Å². The Morgan fingerprint density at radius 2 is 2.00 bits per heavy atom. The first-order valence-corrected chi connectivity index (χ1v) is 5.95. The lowest BCUT2D eigenvalue weighted by molar-refractivity contribution is -0.137. The minimum Gasteiger partial charge on any atom is -0.504 e. The van der Waals surface area contributed by atoms with Gasteiger partial charge in [-0.1, -0.05) is 6.07 Å². The zero-order valence-corrected chi connectivity index (χ0v) is 10.6. The number of para-hydroxylation sites is 1. The van der Waals surface area contributed by atoms with Crippen molar-refractivity contribution in [2.45, 2.75) is 32.2 Å². The fraction of sp³-hybridized carbons (Fsp3) is 0.385. The number of aromatic hydroxyl groups is 2. The van der Waals surface area contributed by atoms with Crippen molar-refractivity contribution in [1.29, 1.82) is 0 Å². The summed E-state index contributed by atoms with van der Waals surface area (Å²) in [5.41, 5.74) is -0.00918. The molecule has 104 valence electrons. The molecule has 6 heteroatoms. The summed E-state index contributed by atoms with van der Waals surface area (Å²) in [5.74, 6) is -2.19. The third kappa shape index (κ3) is 4.50. The van der Waals surface area contributed by atoms with Gasteiger partial charge in [-0.05, 0) is 31.9 Å². The van der Waals surface area contributed by atoms with Gasteiger partial charge in [-0.2, -0.15) is 0 Å². The van der Waals surface area contributed by atoms with Gasteiger partial charge in [0.05, 0.1) is 5.56 Å². The molecule has 0 radical (unpaired) electrons. The second kappa shape index (κ2) is 6.63. The Kier molecular flexibility index (Phi) is 5.17. The summed E-state index contributed by atoms with van der Waals surface area (Å²) in [4.78, 5) is 22.2. The highest BCUT2D eigenvalue weighted by atomic mass is 16.4. The maximum atomic E-state index is 11.8. The highest BCUT2D eigenvalue weighted by Gasteiger charge is 2.15. The summed E-state index contributed by atoms with van der Waals surface area (Å²) in [7, 11) is 0. The summed E-state index contributed by atoms with van der Waals surface area (Å²) < 4.78 is 0. The van der Waals surface area contributed by atoms with Crippen LogP contribution in [0.1, 0.15) is 36.5 Å². The molecule has 1 unspecified atom stereocenters. The molecule has 6 nitrogen and oxygen atoms in total. The van der Waals surface area contributed by atoms with E-state index in [-0.39, 0.29) is 23.8 Å². The third-order valence-electron chi connectivity index (χ3n) is 2.66. The molecule has 0 aliphatic rings. The Morgan fingerprint density at radius 3 is 2.63 bits per heavy atom. The average molecular weight is 267 g/mol. The van der Waals surface area contributed by atoms with Crippen molar-refractivity contribution in [2.75, 3.05) is 0 Å². The number of carbonyl (C=O) groups excluding carboxylic acids is 1. The lowest BCUT2D eigenvalue weighted by Crippen LogP contribution is -2.32. The largest absolute Gasteiger partial charge is 0.504 e. The SMILES string of the molecule is CC(CCCC(=O)O)NC(=O)c1cccc(O)c1O. The topological polar surface area (TPSA) is 107 Å². The van der Waals surface area contributed by atoms with E-state index in [9.17, 15) is 19.8 Å². The van der Waals surface area contributed by atoms with Crippen LogP contribution in [0.3, 0.4) is 0 Å². The molecule has 1 atom stereocenters. The summed E-state index contributed by atoms with van der Waals surface area (Å²) in [6.07, 6.45) is 1.04. The normalized spacial score (nSPS) is 11.8. The molecule has 1 amide bonds. The summed E-state index contributed by atoms with van der Waals surface area (Å²) >= 11 is 0. The van der Waals surface area contributed by atoms with Gasteiger partial charge in [-0.25, -0.2) is 0 Å². The number of nitrogens with one attached hydrogen (secondary N) is 1. The zero-order valence-electron chi connectivity index (χ0n) is 10.6. The van der Waals surface area contributed by atoms with Crippen molar-refractivity contribution in [3.05, 3.63) is 23.8 Å². The van der Waals surface area contributed by atoms with E-state index < -0.39 is 17.6 Å². The van der Waals surface area contributed by atoms with Gasteiger partial charge in [0, 0.05) is 12.5 Å². The molecule has 0 fully saturated rings. The van der Waals surface area contributed by atoms with Crippen LogP contribution < -0.4 is 5.32 Å². The molecule has 0 saturated carbocycles. The van der Waals surface area contributed by atoms with Crippen molar-refractivity contribution < 1.29 is 24.9 Å². The number of aliphatic carboxylic acids is 1. The number of rotatable bonds is 6. The molecule has 1 aromatic rings. The number of carbonyl (C=O) groups is 2. The molecule has 0 heterocycles. The van der Waals surface area contributed by atoms with Gasteiger partial charge in [-0.3, -0.25) is 9.59 Å². The Labute approximate surface area is 110 Å². The van der Waals surface area contributed by atoms with E-state index in [0.29, 0.717) is 12.8 Å². The van der Waals surface area contributed by atoms with Crippen LogP contribution in [0.4, 0.5) is 0 Å². The first-order valence-electron chi connectivity index (χ1n) is 5.95. The minimum absolute atomic E-state index is 0.00918. The molecule has 0 saturated heterocycles. The predicted octanol–water partition coefficient (Wildman–Crippen LogP) is 1.47. The van der Waals surface area contributed by atoms with Crippen molar-refractivity contribution in [3.63, 3.8) is 0 Å². The summed E-state index contributed by atoms with van der Waals surface area (Å²) in [6, 6.07) is 3.92. The molecular weight excluding hydrogens is 250 g/mol. The van der Waals surface area contributed by atoms with Crippen LogP contribution in [-0.4, -0.2) is 33.2 Å². The molecule has 0 aliphatic carbocycles. The Balaban J connectivity index is 2.54. The number of carboxylic acids is 1. The number of hydrogen-bond donors (Lipinski definition) is 4. The second-order valence-electron chi connectivity index (χ2n) is 4.33. The number of hydrogen-bond acceptors (Lipinski definition) is 4. The van der Waals surface area contributed by atoms with Crippen LogP contribution in [0, 0.1) is 0 Å². The van der Waals surface area contributed by atoms with E-state index in [1.165, 1.54) is 18.2 Å². The number of carboxylic acid groups (broad SMARTS) is 1. The van der Waals surface area contributed by atoms with Gasteiger partial charge in [0.1, 0.15) is 0 Å². The summed E-state index contributed by atoms with van der Waals surface area (Å²) in [6.45, 7) is 1.75. The van der Waals surface area contributed by atoms with E-state index in [4.69, 9.17) is 5.11 Å². The standard InChI is InChI=1S/C13H17NO5/c1-8(4-2-7-11(16)17)14-13(19)9-5-3-6-10(15)12(9)18/h3,5-6,8,15,18H,2,4,7H2,1H3,(H,14,19)(H,16,17). The quantitative estimate of drug-likeness (QED) is 0.584. The molecule has 1 rings (SSSR count). The predicted molar refractivity (Wildman–Crippen MR) is 68.2 cm³/mol. The van der Waals surface area contributed by atoms with E-state index in [1.54, 1.807) is 6.92 Å². The van der Waals surface area contributed by atoms with Crippen LogP contribution >= 0.6 is 0 Å². The lowest BCUT2D eigenvalue weighted by atomic mass is 10.1. The van der Waals surface area contributed by atoms with Crippen molar-refractivity contribution in [1.82, 2.24) is 5.32 Å². The van der Waals surface area contributed by atoms with Crippen LogP contribution in [-0.2, 0) is 4.79 Å². The fourth-order valence-corrected chi connectivity index (χ4v) is 1.65. The van der Waals surface area contributed by atoms with Gasteiger partial charge in [0.2, 0.25) is 0 Å². The Morgan fingerprint density at radius 1 is 1.32 bits per heavy atom. The van der Waals surface area contributed by atoms with E-state index in [1.807, 2.05) is 0 Å². The lowest BCUT2D eigenvalue weighted by Gasteiger charge is -2.14. The molecule has 0 spiro atoms. The third-order valence-corrected chi connectivity index (χ3v) is 2.66. The first-order chi connectivity index (χ1) is 8.91. The van der Waals surface area contributed by atoms with Gasteiger partial charge in [0.25, 0.3) is 5.91 Å². The van der Waals surface area contributed by atoms with E-state index >= 15 is 0 Å². The number of benzene rings is 1. The zero-order chi connectivity index (χ0) is 14.4. The van der Waals surface area contributed by atoms with Crippen LogP contribution in [0.2, 0.25) is 0 Å². The van der Waals surface area contributed by atoms with Crippen molar-refractivity contribution in [3.8, 4) is 11.5 Å². The van der Waals surface area contributed by atoms with E-state index in [0.717, 1.165) is 0 Å². The highest BCUT2D eigenvalue weighted by Crippen LogP contribution is 2.28. The summed E-state index contributed by atoms with van der Waals surface area (Å²) in [5, 5.41) is 30.0. The molecule has 19 heavy (non-hydrogen) atoms. The maximum Gasteiger partial charge on any atom is 0.303 e. The van der Waals surface area contributed by atoms with Crippen LogP contribution in [0.15, 0.2) is 18.2 Å². The first kappa shape index (κ1) is 14.8. The van der Waals surface area contributed by atoms with Crippen molar-refractivity contribution >= 4 is 11.9 Å². The number of phenols is 2. The number of amides is 1.